The summed E-state index contributed by atoms with van der Waals surface area (Å²) in [6.45, 7) is 1.54. The molecule has 0 fully saturated rings. The Bertz CT molecular complexity index is 172. The predicted octanol–water partition coefficient (Wildman–Crippen LogP) is -0.266. The molecule has 0 saturated heterocycles. The molecule has 0 rings (SSSR count). The Morgan fingerprint density at radius 2 is 2.10 bits per heavy atom. The minimum Gasteiger partial charge on any atom is -0.396 e. The predicted molar refractivity (Wildman–Crippen MR) is 37.1 cm³/mol. The van der Waals surface area contributed by atoms with Crippen molar-refractivity contribution in [2.75, 3.05) is 12.9 Å². The van der Waals surface area contributed by atoms with Crippen molar-refractivity contribution < 1.29 is 17.7 Å². The Labute approximate surface area is 60.9 Å². The van der Waals surface area contributed by atoms with Crippen LogP contribution in [0.3, 0.4) is 0 Å². The van der Waals surface area contributed by atoms with Crippen molar-refractivity contribution in [1.29, 1.82) is 0 Å². The molecule has 0 aliphatic carbocycles. The molecule has 0 aromatic carbocycles. The first kappa shape index (κ1) is 9.87. The van der Waals surface area contributed by atoms with Crippen LogP contribution in [-0.2, 0) is 14.3 Å². The molecule has 0 saturated carbocycles. The van der Waals surface area contributed by atoms with Crippen LogP contribution in [0.15, 0.2) is 0 Å². The molecule has 10 heavy (non-hydrogen) atoms. The molecule has 0 aromatic rings. The normalized spacial score (nSPS) is 15.1. The van der Waals surface area contributed by atoms with Gasteiger partial charge in [0.25, 0.3) is 10.1 Å². The summed E-state index contributed by atoms with van der Waals surface area (Å²) >= 11 is 0. The fourth-order valence-electron chi connectivity index (χ4n) is 0.528. The van der Waals surface area contributed by atoms with Crippen LogP contribution in [0, 0.1) is 0 Å². The zero-order valence-electron chi connectivity index (χ0n) is 6.07. The van der Waals surface area contributed by atoms with Crippen molar-refractivity contribution in [1.82, 2.24) is 0 Å². The quantitative estimate of drug-likeness (QED) is 0.587. The second kappa shape index (κ2) is 3.90. The Morgan fingerprint density at radius 3 is 2.40 bits per heavy atom. The van der Waals surface area contributed by atoms with Gasteiger partial charge in [-0.15, -0.1) is 0 Å². The summed E-state index contributed by atoms with van der Waals surface area (Å²) in [6, 6.07) is 0. The molecule has 62 valence electrons. The van der Waals surface area contributed by atoms with Gasteiger partial charge in [0.05, 0.1) is 12.4 Å². The monoisotopic (exact) mass is 168 g/mol. The molecule has 0 aromatic heterocycles. The summed E-state index contributed by atoms with van der Waals surface area (Å²) in [6.07, 6.45) is 0.897. The largest absolute Gasteiger partial charge is 0.396 e. The van der Waals surface area contributed by atoms with Gasteiger partial charge >= 0.3 is 0 Å². The van der Waals surface area contributed by atoms with Gasteiger partial charge in [0.2, 0.25) is 0 Å². The van der Waals surface area contributed by atoms with Gasteiger partial charge in [0.15, 0.2) is 0 Å². The second-order valence-corrected chi connectivity index (χ2v) is 3.72. The average molecular weight is 168 g/mol. The van der Waals surface area contributed by atoms with E-state index in [1.54, 1.807) is 6.92 Å². The van der Waals surface area contributed by atoms with Gasteiger partial charge in [-0.1, -0.05) is 0 Å². The van der Waals surface area contributed by atoms with Crippen molar-refractivity contribution in [3.63, 3.8) is 0 Å². The maximum atomic E-state index is 10.4. The third-order valence-corrected chi connectivity index (χ3v) is 1.55. The molecular weight excluding hydrogens is 156 g/mol. The smallest absolute Gasteiger partial charge is 0.264 e. The molecule has 5 heteroatoms. The van der Waals surface area contributed by atoms with Crippen molar-refractivity contribution in [3.05, 3.63) is 0 Å². The van der Waals surface area contributed by atoms with E-state index in [9.17, 15) is 8.42 Å². The van der Waals surface area contributed by atoms with Crippen molar-refractivity contribution in [3.8, 4) is 0 Å². The van der Waals surface area contributed by atoms with E-state index in [1.165, 1.54) is 0 Å². The fraction of sp³-hybridized carbons (Fsp3) is 1.00. The summed E-state index contributed by atoms with van der Waals surface area (Å²) < 4.78 is 25.3. The van der Waals surface area contributed by atoms with Crippen LogP contribution in [0.25, 0.3) is 0 Å². The van der Waals surface area contributed by atoms with Crippen molar-refractivity contribution in [2.45, 2.75) is 19.4 Å². The molecule has 0 heterocycles. The molecular formula is C5H12O4S. The van der Waals surface area contributed by atoms with Crippen LogP contribution < -0.4 is 0 Å². The number of aliphatic hydroxyl groups is 1. The van der Waals surface area contributed by atoms with E-state index in [0.717, 1.165) is 6.26 Å². The van der Waals surface area contributed by atoms with Crippen molar-refractivity contribution in [2.24, 2.45) is 0 Å². The number of hydrogen-bond donors (Lipinski definition) is 1. The molecule has 1 N–H and O–H groups in total. The zero-order chi connectivity index (χ0) is 8.20. The molecule has 0 radical (unpaired) electrons. The van der Waals surface area contributed by atoms with E-state index in [1.807, 2.05) is 0 Å². The Hall–Kier alpha value is -0.130. The summed E-state index contributed by atoms with van der Waals surface area (Å²) in [4.78, 5) is 0. The van der Waals surface area contributed by atoms with E-state index < -0.39 is 16.2 Å². The molecule has 0 spiro atoms. The van der Waals surface area contributed by atoms with Gasteiger partial charge in [-0.25, -0.2) is 0 Å². The zero-order valence-corrected chi connectivity index (χ0v) is 6.89. The molecule has 0 bridgehead atoms. The lowest BCUT2D eigenvalue weighted by atomic mass is 10.3. The Morgan fingerprint density at radius 1 is 1.60 bits per heavy atom. The topological polar surface area (TPSA) is 63.6 Å². The van der Waals surface area contributed by atoms with Gasteiger partial charge in [-0.05, 0) is 13.3 Å². The molecule has 0 amide bonds. The van der Waals surface area contributed by atoms with Gasteiger partial charge in [0, 0.05) is 6.61 Å². The summed E-state index contributed by atoms with van der Waals surface area (Å²) in [5.41, 5.74) is 0. The third kappa shape index (κ3) is 6.00. The van der Waals surface area contributed by atoms with Crippen LogP contribution in [0.1, 0.15) is 13.3 Å². The fourth-order valence-corrected chi connectivity index (χ4v) is 1.22. The molecule has 1 atom stereocenters. The van der Waals surface area contributed by atoms with E-state index in [0.29, 0.717) is 6.42 Å². The first-order chi connectivity index (χ1) is 4.45. The average Bonchev–Trinajstić information content (AvgIpc) is 1.59. The lowest BCUT2D eigenvalue weighted by molar-refractivity contribution is 0.176. The van der Waals surface area contributed by atoms with E-state index in [-0.39, 0.29) is 6.61 Å². The second-order valence-electron chi connectivity index (χ2n) is 2.12. The van der Waals surface area contributed by atoms with Gasteiger partial charge in [-0.3, -0.25) is 4.18 Å². The standard InChI is InChI=1S/C5H12O4S/c1-5(3-4-6)9-10(2,7)8/h5-6H,3-4H2,1-2H3. The van der Waals surface area contributed by atoms with Gasteiger partial charge < -0.3 is 5.11 Å². The number of rotatable bonds is 4. The van der Waals surface area contributed by atoms with Crippen LogP contribution in [-0.4, -0.2) is 32.5 Å². The Kier molecular flexibility index (Phi) is 3.85. The highest BCUT2D eigenvalue weighted by Gasteiger charge is 2.08. The third-order valence-electron chi connectivity index (χ3n) is 0.875. The molecule has 0 aliphatic heterocycles. The summed E-state index contributed by atoms with van der Waals surface area (Å²) in [7, 11) is -3.36. The number of hydrogen-bond acceptors (Lipinski definition) is 4. The number of aliphatic hydroxyl groups excluding tert-OH is 1. The maximum absolute atomic E-state index is 10.4. The maximum Gasteiger partial charge on any atom is 0.264 e. The van der Waals surface area contributed by atoms with Crippen LogP contribution in [0.4, 0.5) is 0 Å². The van der Waals surface area contributed by atoms with E-state index in [2.05, 4.69) is 4.18 Å². The lowest BCUT2D eigenvalue weighted by Crippen LogP contribution is -2.14. The highest BCUT2D eigenvalue weighted by atomic mass is 32.2. The van der Waals surface area contributed by atoms with Crippen molar-refractivity contribution >= 4 is 10.1 Å². The summed E-state index contributed by atoms with van der Waals surface area (Å²) in [5, 5.41) is 8.36. The highest BCUT2D eigenvalue weighted by Crippen LogP contribution is 1.99. The van der Waals surface area contributed by atoms with Crippen LogP contribution >= 0.6 is 0 Å². The minimum absolute atomic E-state index is 0.0588. The van der Waals surface area contributed by atoms with E-state index in [4.69, 9.17) is 5.11 Å². The molecule has 0 aliphatic rings. The minimum atomic E-state index is -3.36. The highest BCUT2D eigenvalue weighted by molar-refractivity contribution is 7.86. The van der Waals surface area contributed by atoms with Gasteiger partial charge in [0.1, 0.15) is 0 Å². The molecule has 1 unspecified atom stereocenters. The molecule has 4 nitrogen and oxygen atoms in total. The summed E-state index contributed by atoms with van der Waals surface area (Å²) in [5.74, 6) is 0. The SMILES string of the molecule is CC(CCO)OS(C)(=O)=O. The Balaban J connectivity index is 3.69. The van der Waals surface area contributed by atoms with E-state index >= 15 is 0 Å². The first-order valence-electron chi connectivity index (χ1n) is 2.95. The van der Waals surface area contributed by atoms with Gasteiger partial charge in [-0.2, -0.15) is 8.42 Å². The van der Waals surface area contributed by atoms with Crippen LogP contribution in [0.2, 0.25) is 0 Å². The first-order valence-corrected chi connectivity index (χ1v) is 4.76. The van der Waals surface area contributed by atoms with Crippen LogP contribution in [0.5, 0.6) is 0 Å². The lowest BCUT2D eigenvalue weighted by Gasteiger charge is -2.07.